The van der Waals surface area contributed by atoms with Crippen molar-refractivity contribution in [3.63, 3.8) is 0 Å². The number of carbonyl (C=O) groups is 7. The lowest BCUT2D eigenvalue weighted by Crippen LogP contribution is -2.60. The number of nitrogens with zero attached hydrogens (tertiary/aromatic N) is 8. The molecule has 1 fully saturated rings. The highest BCUT2D eigenvalue weighted by atomic mass is 32.3. The minimum absolute atomic E-state index is 0.0117. The van der Waals surface area contributed by atoms with Crippen LogP contribution in [0.15, 0.2) is 180 Å². The largest absolute Gasteiger partial charge is 0.501 e. The Morgan fingerprint density at radius 2 is 1.11 bits per heavy atom. The first-order valence-corrected chi connectivity index (χ1v) is 42.5. The minimum Gasteiger partial charge on any atom is -0.493 e. The molecule has 1 saturated heterocycles. The standard InChI is InChI=1S/C92H96N10O25S/c1-55(104)15-21-76(105)65-34-66(36-67(35-65)91(113)118-6)88(110)94-24-27-120-29-30-121-54-68-48-99(98-97-68)25-28-119-26-23-93-87(109)62-18-22-77(124-92-86(108)85(107)84(106)83(51-103)125-92)82(39-62)127-128(114,115)126-71-19-16-56(17-20-71)49-102(2,3)50-57-31-58(52-122-80-42-74-72(40-78(80)116-4)89(111)100-46-63-13-9-7-11-60(63)37-69(100)44-95-74)33-59(32-57)53-123-81-43-75-73(41-79(81)117-5)90(112)101-47-64-14-10-8-12-61(64)38-70(101)45-96-75/h7-22,31-36,39-45,48,69-70,83-86,92,103,106-108H,23-30,37-38,46-47,49-54H2,1-6H3,(H-,93,94,109,110)/p+1/b21-15+/t69-,70-,83+,84-,85-,86+,92?/m0/s1. The molecule has 8 aromatic carbocycles. The highest BCUT2D eigenvalue weighted by Crippen LogP contribution is 2.42. The van der Waals surface area contributed by atoms with Crippen LogP contribution in [0.3, 0.4) is 0 Å². The summed E-state index contributed by atoms with van der Waals surface area (Å²) in [5.74, 6) is -3.15. The van der Waals surface area contributed by atoms with Gasteiger partial charge in [-0.15, -0.1) is 13.5 Å². The zero-order valence-corrected chi connectivity index (χ0v) is 71.8. The van der Waals surface area contributed by atoms with Crippen molar-refractivity contribution in [2.24, 2.45) is 9.98 Å². The van der Waals surface area contributed by atoms with Gasteiger partial charge in [-0.05, 0) is 156 Å². The molecule has 36 heteroatoms. The average molecular weight is 1770 g/mol. The summed E-state index contributed by atoms with van der Waals surface area (Å²) in [7, 11) is 3.13. The number of esters is 1. The molecule has 0 saturated carbocycles. The van der Waals surface area contributed by atoms with E-state index in [1.165, 1.54) is 62.2 Å². The fourth-order valence-electron chi connectivity index (χ4n) is 15.4. The van der Waals surface area contributed by atoms with Gasteiger partial charge in [0.05, 0.1) is 135 Å². The molecule has 7 atom stereocenters. The minimum atomic E-state index is -5.11. The maximum absolute atomic E-state index is 14.3. The third-order valence-corrected chi connectivity index (χ3v) is 22.5. The number of nitrogens with one attached hydrogen (secondary N) is 2. The highest BCUT2D eigenvalue weighted by molar-refractivity contribution is 7.82. The number of aliphatic imine (C=N–C) groups is 2. The number of ketones is 2. The van der Waals surface area contributed by atoms with E-state index in [0.29, 0.717) is 94.7 Å². The number of ether oxygens (including phenoxy) is 10. The second-order valence-electron chi connectivity index (χ2n) is 31.6. The SMILES string of the molecule is COC(=O)c1cc(C(=O)/C=C/C(C)=O)cc(C(=O)NCCOCCOCc2cn(CCOCCNC(=O)c3ccc(OC4O[C@H](CO)[C@H](O)[C@H](O)[C@H]4O)c(OS(=O)(=O)Oc4ccc(C[N+](C)(C)Cc5cc(COc6cc7c(cc6OC)C(=O)N6Cc8ccccc8C[C@H]6C=N7)cc(COc6cc7c(cc6OC)C(=O)N6Cc8ccccc8C[C@H]6C=N7)c5)cc4)c3)nn2)c1. The van der Waals surface area contributed by atoms with Crippen LogP contribution >= 0.6 is 0 Å². The summed E-state index contributed by atoms with van der Waals surface area (Å²) in [6, 6.07) is 42.0. The summed E-state index contributed by atoms with van der Waals surface area (Å²) in [6.07, 6.45) is -0.0995. The van der Waals surface area contributed by atoms with Crippen molar-refractivity contribution in [3.8, 4) is 40.2 Å². The first kappa shape index (κ1) is 91.1. The molecule has 0 radical (unpaired) electrons. The van der Waals surface area contributed by atoms with E-state index in [9.17, 15) is 62.4 Å². The summed E-state index contributed by atoms with van der Waals surface area (Å²) in [6.45, 7) is 3.31. The number of allylic oxidation sites excluding steroid dienone is 2. The summed E-state index contributed by atoms with van der Waals surface area (Å²) in [5.41, 5.74) is 9.69. The predicted octanol–water partition coefficient (Wildman–Crippen LogP) is 7.20. The van der Waals surface area contributed by atoms with Crippen LogP contribution in [0.4, 0.5) is 11.4 Å². The summed E-state index contributed by atoms with van der Waals surface area (Å²) in [5, 5.41) is 55.5. The van der Waals surface area contributed by atoms with Crippen LogP contribution in [-0.2, 0) is 104 Å². The number of benzene rings is 8. The number of amides is 4. The number of quaternary nitrogens is 1. The Bertz CT molecular complexity index is 5680. The molecule has 6 heterocycles. The van der Waals surface area contributed by atoms with Crippen molar-refractivity contribution >= 4 is 75.4 Å². The van der Waals surface area contributed by atoms with Gasteiger partial charge < -0.3 is 101 Å². The molecule has 1 unspecified atom stereocenters. The van der Waals surface area contributed by atoms with Crippen LogP contribution < -0.4 is 42.7 Å². The molecule has 5 aliphatic heterocycles. The van der Waals surface area contributed by atoms with Crippen LogP contribution in [0, 0.1) is 0 Å². The molecule has 4 amide bonds. The van der Waals surface area contributed by atoms with Crippen LogP contribution in [0.2, 0.25) is 0 Å². The number of rotatable bonds is 39. The van der Waals surface area contributed by atoms with Gasteiger partial charge in [0.25, 0.3) is 23.6 Å². The zero-order chi connectivity index (χ0) is 90.3. The number of aromatic nitrogens is 3. The number of aliphatic hydroxyl groups excluding tert-OH is 4. The molecule has 6 N–H and O–H groups in total. The van der Waals surface area contributed by atoms with Gasteiger partial charge in [0.2, 0.25) is 6.29 Å². The lowest BCUT2D eigenvalue weighted by Gasteiger charge is -2.39. The first-order valence-electron chi connectivity index (χ1n) is 41.1. The quantitative estimate of drug-likeness (QED) is 0.00728. The Hall–Kier alpha value is -13.1. The second kappa shape index (κ2) is 41.1. The molecule has 9 aromatic rings. The van der Waals surface area contributed by atoms with E-state index >= 15 is 0 Å². The van der Waals surface area contributed by atoms with E-state index in [-0.39, 0.29) is 130 Å². The molecule has 0 aliphatic carbocycles. The normalized spacial score (nSPS) is 18.0. The maximum atomic E-state index is 14.3. The Balaban J connectivity index is 0.594. The molecule has 35 nitrogen and oxygen atoms in total. The Labute approximate surface area is 736 Å². The van der Waals surface area contributed by atoms with Gasteiger partial charge in [-0.3, -0.25) is 38.8 Å². The van der Waals surface area contributed by atoms with E-state index in [2.05, 4.69) is 33.1 Å². The molecule has 5 aliphatic rings. The Kier molecular flexibility index (Phi) is 29.2. The lowest BCUT2D eigenvalue weighted by molar-refractivity contribution is -0.916. The third-order valence-electron chi connectivity index (χ3n) is 21.7. The molecule has 670 valence electrons. The van der Waals surface area contributed by atoms with Crippen LogP contribution in [0.25, 0.3) is 0 Å². The topological polar surface area (TPSA) is 431 Å². The van der Waals surface area contributed by atoms with E-state index in [0.717, 1.165) is 75.9 Å². The molecular weight excluding hydrogens is 1680 g/mol. The van der Waals surface area contributed by atoms with Gasteiger partial charge >= 0.3 is 16.4 Å². The van der Waals surface area contributed by atoms with E-state index in [1.807, 2.05) is 90.9 Å². The predicted molar refractivity (Wildman–Crippen MR) is 460 cm³/mol. The van der Waals surface area contributed by atoms with Crippen LogP contribution in [-0.4, -0.2) is 243 Å². The molecule has 0 spiro atoms. The van der Waals surface area contributed by atoms with Crippen molar-refractivity contribution in [1.29, 1.82) is 0 Å². The first-order chi connectivity index (χ1) is 61.7. The van der Waals surface area contributed by atoms with Crippen molar-refractivity contribution in [2.45, 2.75) is 115 Å². The fraction of sp³-hybridized carbons (Fsp3) is 0.337. The summed E-state index contributed by atoms with van der Waals surface area (Å²) >= 11 is 0. The van der Waals surface area contributed by atoms with E-state index in [1.54, 1.807) is 42.6 Å². The average Bonchev–Trinajstić information content (AvgIpc) is 1.62. The van der Waals surface area contributed by atoms with Crippen LogP contribution in [0.1, 0.15) is 119 Å². The van der Waals surface area contributed by atoms with Crippen molar-refractivity contribution in [2.75, 3.05) is 88.2 Å². The number of fused-ring (bicyclic) bond motifs is 6. The van der Waals surface area contributed by atoms with Gasteiger partial charge in [-0.1, -0.05) is 53.7 Å². The van der Waals surface area contributed by atoms with Crippen LogP contribution in [0.5, 0.6) is 40.2 Å². The number of methoxy groups -OCH3 is 3. The molecule has 1 aromatic heterocycles. The summed E-state index contributed by atoms with van der Waals surface area (Å²) in [4.78, 5) is 105. The van der Waals surface area contributed by atoms with Gasteiger partial charge in [-0.25, -0.2) is 9.48 Å². The number of hydrogen-bond acceptors (Lipinski definition) is 29. The summed E-state index contributed by atoms with van der Waals surface area (Å²) < 4.78 is 99.1. The molecule has 14 rings (SSSR count). The number of aliphatic hydroxyl groups is 4. The van der Waals surface area contributed by atoms with Gasteiger partial charge in [0, 0.05) is 78.6 Å². The number of carbonyl (C=O) groups excluding carboxylic acids is 7. The fourth-order valence-corrected chi connectivity index (χ4v) is 16.1. The zero-order valence-electron chi connectivity index (χ0n) is 70.9. The molecular formula is C92H97N10O25S+. The number of hydrogen-bond donors (Lipinski definition) is 6. The maximum Gasteiger partial charge on any atom is 0.501 e. The smallest absolute Gasteiger partial charge is 0.493 e. The van der Waals surface area contributed by atoms with Gasteiger partial charge in [-0.2, -0.15) is 0 Å². The van der Waals surface area contributed by atoms with Crippen molar-refractivity contribution in [3.05, 3.63) is 254 Å². The molecule has 0 bridgehead atoms. The third kappa shape index (κ3) is 22.6. The van der Waals surface area contributed by atoms with Crippen molar-refractivity contribution in [1.82, 2.24) is 35.4 Å². The molecule has 128 heavy (non-hydrogen) atoms. The highest BCUT2D eigenvalue weighted by Gasteiger charge is 2.46. The second-order valence-corrected chi connectivity index (χ2v) is 32.7. The van der Waals surface area contributed by atoms with Gasteiger partial charge in [0.1, 0.15) is 62.2 Å². The van der Waals surface area contributed by atoms with Crippen molar-refractivity contribution < 1.29 is 123 Å². The van der Waals surface area contributed by atoms with Gasteiger partial charge in [0.15, 0.2) is 46.1 Å². The Morgan fingerprint density at radius 3 is 1.70 bits per heavy atom. The van der Waals surface area contributed by atoms with E-state index in [4.69, 9.17) is 65.7 Å². The Morgan fingerprint density at radius 1 is 0.555 bits per heavy atom. The lowest BCUT2D eigenvalue weighted by atomic mass is 9.94. The monoisotopic (exact) mass is 1770 g/mol. The van der Waals surface area contributed by atoms with E-state index < -0.39 is 82.8 Å².